The molecule has 2 nitrogen and oxygen atoms in total. The number of rotatable bonds is 20. The van der Waals surface area contributed by atoms with Crippen LogP contribution in [0, 0.1) is 0 Å². The van der Waals surface area contributed by atoms with Crippen molar-refractivity contribution in [2.45, 2.75) is 149 Å². The van der Waals surface area contributed by atoms with Gasteiger partial charge >= 0.3 is 0 Å². The first-order valence-corrected chi connectivity index (χ1v) is 13.4. The fourth-order valence-corrected chi connectivity index (χ4v) is 3.21. The molecule has 0 unspecified atom stereocenters. The number of allylic oxidation sites excluding steroid dienone is 2. The maximum Gasteiger partial charge on any atom is 0.0431 e. The third-order valence-electron chi connectivity index (χ3n) is 5.13. The summed E-state index contributed by atoms with van der Waals surface area (Å²) in [6.07, 6.45) is 31.8. The minimum atomic E-state index is 0.370. The molecule has 0 amide bonds. The van der Waals surface area contributed by atoms with Crippen LogP contribution < -0.4 is 0 Å². The van der Waals surface area contributed by atoms with Gasteiger partial charge in [0.15, 0.2) is 0 Å². The highest BCUT2D eigenvalue weighted by Gasteiger charge is 1.90. The molecule has 1 N–H and O–H groups in total. The minimum Gasteiger partial charge on any atom is -0.396 e. The van der Waals surface area contributed by atoms with Gasteiger partial charge < -0.3 is 9.84 Å². The van der Waals surface area contributed by atoms with Crippen molar-refractivity contribution in [1.82, 2.24) is 0 Å². The molecule has 0 fully saturated rings. The molecular weight excluding hydrogens is 368 g/mol. The van der Waals surface area contributed by atoms with Crippen LogP contribution in [-0.4, -0.2) is 25.9 Å². The number of unbranched alkanes of at least 4 members (excludes halogenated alkanes) is 17. The van der Waals surface area contributed by atoms with E-state index in [1.54, 1.807) is 14.2 Å². The monoisotopic (exact) mass is 428 g/mol. The molecule has 0 atom stereocenters. The van der Waals surface area contributed by atoms with Gasteiger partial charge in [-0.25, -0.2) is 0 Å². The molecule has 0 aliphatic rings. The van der Waals surface area contributed by atoms with Crippen molar-refractivity contribution >= 4 is 0 Å². The molecule has 0 aromatic rings. The minimum absolute atomic E-state index is 0.370. The van der Waals surface area contributed by atoms with Gasteiger partial charge in [0, 0.05) is 20.8 Å². The van der Waals surface area contributed by atoms with Crippen molar-refractivity contribution in [2.75, 3.05) is 20.8 Å². The molecule has 30 heavy (non-hydrogen) atoms. The van der Waals surface area contributed by atoms with Crippen LogP contribution in [0.2, 0.25) is 0 Å². The molecule has 0 radical (unpaired) electrons. The zero-order chi connectivity index (χ0) is 23.0. The summed E-state index contributed by atoms with van der Waals surface area (Å²) in [6.45, 7) is 7.16. The molecule has 0 aliphatic heterocycles. The van der Waals surface area contributed by atoms with Crippen molar-refractivity contribution in [3.63, 3.8) is 0 Å². The van der Waals surface area contributed by atoms with E-state index in [0.717, 1.165) is 6.42 Å². The van der Waals surface area contributed by atoms with E-state index in [9.17, 15) is 0 Å². The Balaban J connectivity index is -0.000000451. The van der Waals surface area contributed by atoms with Crippen LogP contribution in [-0.2, 0) is 4.74 Å². The Labute approximate surface area is 192 Å². The molecule has 0 spiro atoms. The van der Waals surface area contributed by atoms with E-state index in [-0.39, 0.29) is 0 Å². The Bertz CT molecular complexity index is 255. The van der Waals surface area contributed by atoms with Crippen LogP contribution in [0.5, 0.6) is 0 Å². The zero-order valence-corrected chi connectivity index (χ0v) is 21.9. The predicted molar refractivity (Wildman–Crippen MR) is 139 cm³/mol. The van der Waals surface area contributed by atoms with Gasteiger partial charge in [0.1, 0.15) is 0 Å². The normalized spacial score (nSPS) is 10.5. The molecule has 0 aromatic heterocycles. The lowest BCUT2D eigenvalue weighted by molar-refractivity contribution is 0.277. The summed E-state index contributed by atoms with van der Waals surface area (Å²) in [7, 11) is 3.25. The van der Waals surface area contributed by atoms with Crippen molar-refractivity contribution in [2.24, 2.45) is 0 Å². The van der Waals surface area contributed by atoms with E-state index in [1.165, 1.54) is 122 Å². The van der Waals surface area contributed by atoms with Crippen LogP contribution in [0.1, 0.15) is 149 Å². The molecule has 0 aromatic carbocycles. The predicted octanol–water partition coefficient (Wildman–Crippen LogP) is 9.65. The van der Waals surface area contributed by atoms with Crippen molar-refractivity contribution in [3.05, 3.63) is 12.2 Å². The highest BCUT2D eigenvalue weighted by Crippen LogP contribution is 2.09. The first-order valence-electron chi connectivity index (χ1n) is 13.4. The maximum absolute atomic E-state index is 8.51. The van der Waals surface area contributed by atoms with Gasteiger partial charge in [-0.3, -0.25) is 0 Å². The smallest absolute Gasteiger partial charge is 0.0431 e. The molecule has 0 heterocycles. The van der Waals surface area contributed by atoms with Crippen molar-refractivity contribution in [3.8, 4) is 0 Å². The topological polar surface area (TPSA) is 29.5 Å². The molecule has 2 heteroatoms. The summed E-state index contributed by atoms with van der Waals surface area (Å²) in [5.41, 5.74) is 0. The Morgan fingerprint density at radius 2 is 0.733 bits per heavy atom. The van der Waals surface area contributed by atoms with Crippen LogP contribution in [0.3, 0.4) is 0 Å². The SMILES string of the molecule is CCCCCC/C=C\CCCCCCCC.CCCCCCCCCCO.COC. The van der Waals surface area contributed by atoms with E-state index in [4.69, 9.17) is 5.11 Å². The number of aliphatic hydroxyl groups excluding tert-OH is 1. The lowest BCUT2D eigenvalue weighted by Gasteiger charge is -1.98. The lowest BCUT2D eigenvalue weighted by atomic mass is 10.1. The van der Waals surface area contributed by atoms with E-state index in [1.807, 2.05) is 0 Å². The molecule has 0 aliphatic carbocycles. The van der Waals surface area contributed by atoms with E-state index in [0.29, 0.717) is 6.61 Å². The third kappa shape index (κ3) is 46.1. The second kappa shape index (κ2) is 39.2. The van der Waals surface area contributed by atoms with E-state index in [2.05, 4.69) is 37.7 Å². The quantitative estimate of drug-likeness (QED) is 0.154. The summed E-state index contributed by atoms with van der Waals surface area (Å²) in [4.78, 5) is 0. The number of hydrogen-bond donors (Lipinski definition) is 1. The van der Waals surface area contributed by atoms with Gasteiger partial charge in [-0.1, -0.05) is 129 Å². The summed E-state index contributed by atoms with van der Waals surface area (Å²) < 4.78 is 4.25. The van der Waals surface area contributed by atoms with Gasteiger partial charge in [0.05, 0.1) is 0 Å². The molecular formula is C28H60O2. The van der Waals surface area contributed by atoms with Crippen LogP contribution >= 0.6 is 0 Å². The largest absolute Gasteiger partial charge is 0.396 e. The average Bonchev–Trinajstić information content (AvgIpc) is 2.75. The maximum atomic E-state index is 8.51. The van der Waals surface area contributed by atoms with Gasteiger partial charge in [-0.2, -0.15) is 0 Å². The fraction of sp³-hybridized carbons (Fsp3) is 0.929. The molecule has 0 bridgehead atoms. The number of aliphatic hydroxyl groups is 1. The summed E-state index contributed by atoms with van der Waals surface area (Å²) in [5.74, 6) is 0. The van der Waals surface area contributed by atoms with Gasteiger partial charge in [-0.05, 0) is 32.1 Å². The summed E-state index contributed by atoms with van der Waals surface area (Å²) in [6, 6.07) is 0. The number of ether oxygens (including phenoxy) is 1. The zero-order valence-electron chi connectivity index (χ0n) is 21.9. The Kier molecular flexibility index (Phi) is 44.8. The Hall–Kier alpha value is -0.340. The molecule has 0 saturated carbocycles. The van der Waals surface area contributed by atoms with Crippen molar-refractivity contribution < 1.29 is 9.84 Å². The molecule has 184 valence electrons. The average molecular weight is 429 g/mol. The van der Waals surface area contributed by atoms with Gasteiger partial charge in [-0.15, -0.1) is 0 Å². The van der Waals surface area contributed by atoms with Gasteiger partial charge in [0.2, 0.25) is 0 Å². The van der Waals surface area contributed by atoms with E-state index < -0.39 is 0 Å². The third-order valence-corrected chi connectivity index (χ3v) is 5.13. The standard InChI is InChI=1S/C16H32.C10H22O.C2H6O/c1-3-5-7-9-11-13-15-16-14-12-10-8-6-4-2;1-2-3-4-5-6-7-8-9-10-11;1-3-2/h13,15H,3-12,14,16H2,1-2H3;11H,2-10H2,1H3;1-2H3/b15-13-;;. The Morgan fingerprint density at radius 3 is 1.07 bits per heavy atom. The van der Waals surface area contributed by atoms with Crippen LogP contribution in [0.15, 0.2) is 12.2 Å². The highest BCUT2D eigenvalue weighted by atomic mass is 16.4. The first kappa shape index (κ1) is 34.3. The number of methoxy groups -OCH3 is 1. The summed E-state index contributed by atoms with van der Waals surface area (Å²) >= 11 is 0. The van der Waals surface area contributed by atoms with Gasteiger partial charge in [0.25, 0.3) is 0 Å². The second-order valence-electron chi connectivity index (χ2n) is 8.48. The van der Waals surface area contributed by atoms with E-state index >= 15 is 0 Å². The fourth-order valence-electron chi connectivity index (χ4n) is 3.21. The number of hydrogen-bond acceptors (Lipinski definition) is 2. The van der Waals surface area contributed by atoms with Crippen molar-refractivity contribution in [1.29, 1.82) is 0 Å². The second-order valence-corrected chi connectivity index (χ2v) is 8.48. The molecule has 0 saturated heterocycles. The highest BCUT2D eigenvalue weighted by molar-refractivity contribution is 4.81. The first-order chi connectivity index (χ1) is 14.7. The van der Waals surface area contributed by atoms with Crippen LogP contribution in [0.4, 0.5) is 0 Å². The summed E-state index contributed by atoms with van der Waals surface area (Å²) in [5, 5.41) is 8.51. The lowest BCUT2D eigenvalue weighted by Crippen LogP contribution is -1.83. The van der Waals surface area contributed by atoms with Crippen LogP contribution in [0.25, 0.3) is 0 Å². The Morgan fingerprint density at radius 1 is 0.467 bits per heavy atom. The molecule has 0 rings (SSSR count).